The summed E-state index contributed by atoms with van der Waals surface area (Å²) >= 11 is 5.14. The summed E-state index contributed by atoms with van der Waals surface area (Å²) < 4.78 is 19.8. The molecular weight excluding hydrogens is 576 g/mol. The summed E-state index contributed by atoms with van der Waals surface area (Å²) in [6.45, 7) is 4.55. The molecule has 0 bridgehead atoms. The lowest BCUT2D eigenvalue weighted by Gasteiger charge is -2.15. The molecule has 3 aromatic carbocycles. The van der Waals surface area contributed by atoms with E-state index >= 15 is 0 Å². The van der Waals surface area contributed by atoms with Gasteiger partial charge in [0.05, 0.1) is 32.5 Å². The Morgan fingerprint density at radius 3 is 2.31 bits per heavy atom. The van der Waals surface area contributed by atoms with Crippen molar-refractivity contribution in [3.8, 4) is 39.9 Å². The van der Waals surface area contributed by atoms with E-state index in [4.69, 9.17) is 19.2 Å². The van der Waals surface area contributed by atoms with E-state index < -0.39 is 0 Å². The molecule has 0 fully saturated rings. The van der Waals surface area contributed by atoms with E-state index in [9.17, 15) is 0 Å². The van der Waals surface area contributed by atoms with Gasteiger partial charge in [-0.15, -0.1) is 16.8 Å². The van der Waals surface area contributed by atoms with E-state index in [0.717, 1.165) is 48.9 Å². The Kier molecular flexibility index (Phi) is 8.18. The number of aromatic nitrogens is 4. The van der Waals surface area contributed by atoms with Gasteiger partial charge in [0.15, 0.2) is 22.5 Å². The number of allylic oxidation sites excluding steroid dienone is 1. The third-order valence-electron chi connectivity index (χ3n) is 6.23. The second-order valence-corrected chi connectivity index (χ2v) is 10.5. The summed E-state index contributed by atoms with van der Waals surface area (Å²) in [5, 5.41) is 11.0. The van der Waals surface area contributed by atoms with Crippen LogP contribution in [0.1, 0.15) is 5.56 Å². The quantitative estimate of drug-likeness (QED) is 0.122. The SMILES string of the molecule is C=CCn1c(SCc2ccc(Br)cc2)nnc1-c1cc(-c2cc(OC)c(OC)c(OC)c2)nc2ccccc12. The lowest BCUT2D eigenvalue weighted by Crippen LogP contribution is -2.02. The number of hydrogen-bond acceptors (Lipinski definition) is 7. The molecule has 0 saturated heterocycles. The molecule has 0 saturated carbocycles. The molecule has 2 heterocycles. The Morgan fingerprint density at radius 1 is 0.923 bits per heavy atom. The smallest absolute Gasteiger partial charge is 0.203 e. The van der Waals surface area contributed by atoms with Crippen molar-refractivity contribution in [2.24, 2.45) is 0 Å². The van der Waals surface area contributed by atoms with Gasteiger partial charge < -0.3 is 14.2 Å². The number of benzene rings is 3. The molecular formula is C30H27BrN4O3S. The molecule has 39 heavy (non-hydrogen) atoms. The fraction of sp³-hybridized carbons (Fsp3) is 0.167. The Bertz CT molecular complexity index is 1610. The molecule has 0 aliphatic heterocycles. The van der Waals surface area contributed by atoms with Crippen LogP contribution in [0.15, 0.2) is 89.0 Å². The maximum absolute atomic E-state index is 5.59. The van der Waals surface area contributed by atoms with Crippen LogP contribution in [0.3, 0.4) is 0 Å². The zero-order valence-electron chi connectivity index (χ0n) is 21.8. The fourth-order valence-corrected chi connectivity index (χ4v) is 5.52. The highest BCUT2D eigenvalue weighted by atomic mass is 79.9. The average molecular weight is 604 g/mol. The van der Waals surface area contributed by atoms with Crippen molar-refractivity contribution in [3.05, 3.63) is 89.4 Å². The van der Waals surface area contributed by atoms with E-state index in [0.29, 0.717) is 23.8 Å². The predicted octanol–water partition coefficient (Wildman–Crippen LogP) is 7.43. The lowest BCUT2D eigenvalue weighted by molar-refractivity contribution is 0.324. The number of thioether (sulfide) groups is 1. The minimum atomic E-state index is 0.530. The highest BCUT2D eigenvalue weighted by Crippen LogP contribution is 2.42. The van der Waals surface area contributed by atoms with Crippen LogP contribution >= 0.6 is 27.7 Å². The molecule has 0 aliphatic carbocycles. The number of nitrogens with zero attached hydrogens (tertiary/aromatic N) is 4. The van der Waals surface area contributed by atoms with Crippen LogP contribution in [0.5, 0.6) is 17.2 Å². The Balaban J connectivity index is 1.62. The minimum Gasteiger partial charge on any atom is -0.493 e. The molecule has 9 heteroatoms. The third-order valence-corrected chi connectivity index (χ3v) is 7.79. The van der Waals surface area contributed by atoms with E-state index in [1.54, 1.807) is 33.1 Å². The van der Waals surface area contributed by atoms with Gasteiger partial charge in [0.25, 0.3) is 0 Å². The molecule has 0 unspecified atom stereocenters. The topological polar surface area (TPSA) is 71.3 Å². The molecule has 0 N–H and O–H groups in total. The van der Waals surface area contributed by atoms with E-state index in [1.165, 1.54) is 5.56 Å². The molecule has 7 nitrogen and oxygen atoms in total. The van der Waals surface area contributed by atoms with Crippen LogP contribution in [-0.4, -0.2) is 41.1 Å². The first-order chi connectivity index (χ1) is 19.1. The summed E-state index contributed by atoms with van der Waals surface area (Å²) in [5.74, 6) is 3.18. The van der Waals surface area contributed by atoms with Gasteiger partial charge in [-0.2, -0.15) is 0 Å². The molecule has 2 aromatic heterocycles. The van der Waals surface area contributed by atoms with Gasteiger partial charge in [-0.25, -0.2) is 4.98 Å². The Morgan fingerprint density at radius 2 is 1.64 bits per heavy atom. The summed E-state index contributed by atoms with van der Waals surface area (Å²) in [6.07, 6.45) is 1.86. The second-order valence-electron chi connectivity index (χ2n) is 8.61. The van der Waals surface area contributed by atoms with Crippen LogP contribution < -0.4 is 14.2 Å². The lowest BCUT2D eigenvalue weighted by atomic mass is 10.0. The van der Waals surface area contributed by atoms with Crippen molar-refractivity contribution in [2.75, 3.05) is 21.3 Å². The summed E-state index contributed by atoms with van der Waals surface area (Å²) in [5.41, 5.74) is 4.55. The van der Waals surface area contributed by atoms with Crippen LogP contribution in [0.2, 0.25) is 0 Å². The maximum Gasteiger partial charge on any atom is 0.203 e. The number of pyridine rings is 1. The van der Waals surface area contributed by atoms with Gasteiger partial charge in [-0.1, -0.05) is 64.1 Å². The number of fused-ring (bicyclic) bond motifs is 1. The van der Waals surface area contributed by atoms with Crippen LogP contribution in [-0.2, 0) is 12.3 Å². The monoisotopic (exact) mass is 602 g/mol. The van der Waals surface area contributed by atoms with Gasteiger partial charge in [-0.3, -0.25) is 4.57 Å². The zero-order valence-corrected chi connectivity index (χ0v) is 24.3. The first-order valence-electron chi connectivity index (χ1n) is 12.2. The Labute approximate surface area is 240 Å². The number of hydrogen-bond donors (Lipinski definition) is 0. The fourth-order valence-electron chi connectivity index (χ4n) is 4.35. The van der Waals surface area contributed by atoms with Crippen molar-refractivity contribution in [2.45, 2.75) is 17.5 Å². The summed E-state index contributed by atoms with van der Waals surface area (Å²) in [7, 11) is 4.79. The number of para-hydroxylation sites is 1. The van der Waals surface area contributed by atoms with E-state index in [-0.39, 0.29) is 0 Å². The number of halogens is 1. The van der Waals surface area contributed by atoms with Crippen molar-refractivity contribution >= 4 is 38.6 Å². The molecule has 5 aromatic rings. The molecule has 0 spiro atoms. The van der Waals surface area contributed by atoms with Gasteiger partial charge in [0.1, 0.15) is 0 Å². The van der Waals surface area contributed by atoms with Crippen LogP contribution in [0.4, 0.5) is 0 Å². The minimum absolute atomic E-state index is 0.530. The van der Waals surface area contributed by atoms with Gasteiger partial charge >= 0.3 is 0 Å². The first kappa shape index (κ1) is 26.8. The summed E-state index contributed by atoms with van der Waals surface area (Å²) in [6, 6.07) is 22.2. The van der Waals surface area contributed by atoms with Crippen molar-refractivity contribution in [3.63, 3.8) is 0 Å². The van der Waals surface area contributed by atoms with E-state index in [2.05, 4.69) is 55.5 Å². The summed E-state index contributed by atoms with van der Waals surface area (Å²) in [4.78, 5) is 4.96. The normalized spacial score (nSPS) is 11.0. The first-order valence-corrected chi connectivity index (χ1v) is 14.0. The predicted molar refractivity (Wildman–Crippen MR) is 160 cm³/mol. The molecule has 0 radical (unpaired) electrons. The van der Waals surface area contributed by atoms with Crippen LogP contribution in [0, 0.1) is 0 Å². The number of ether oxygens (including phenoxy) is 3. The van der Waals surface area contributed by atoms with Crippen molar-refractivity contribution in [1.29, 1.82) is 0 Å². The molecule has 198 valence electrons. The molecule has 0 atom stereocenters. The van der Waals surface area contributed by atoms with E-state index in [1.807, 2.05) is 54.6 Å². The van der Waals surface area contributed by atoms with Gasteiger partial charge in [0.2, 0.25) is 5.75 Å². The van der Waals surface area contributed by atoms with Crippen LogP contribution in [0.25, 0.3) is 33.5 Å². The average Bonchev–Trinajstić information content (AvgIpc) is 3.37. The number of rotatable bonds is 10. The standard InChI is InChI=1S/C30H27BrN4O3S/c1-5-14-35-29(33-34-30(35)39-18-19-10-12-21(31)13-11-19)23-17-25(32-24-9-7-6-8-22(23)24)20-15-26(36-2)28(38-4)27(16-20)37-3/h5-13,15-17H,1,14,18H2,2-4H3. The molecule has 5 rings (SSSR count). The highest BCUT2D eigenvalue weighted by Gasteiger charge is 2.20. The van der Waals surface area contributed by atoms with Crippen molar-refractivity contribution in [1.82, 2.24) is 19.7 Å². The second kappa shape index (κ2) is 11.9. The largest absolute Gasteiger partial charge is 0.493 e. The maximum atomic E-state index is 5.59. The van der Waals surface area contributed by atoms with Crippen molar-refractivity contribution < 1.29 is 14.2 Å². The zero-order chi connectivity index (χ0) is 27.4. The molecule has 0 amide bonds. The third kappa shape index (κ3) is 5.51. The Hall–Kier alpha value is -3.82. The van der Waals surface area contributed by atoms with Gasteiger partial charge in [-0.05, 0) is 42.0 Å². The highest BCUT2D eigenvalue weighted by molar-refractivity contribution is 9.10. The van der Waals surface area contributed by atoms with Gasteiger partial charge in [0, 0.05) is 33.3 Å². The molecule has 0 aliphatic rings. The number of methoxy groups -OCH3 is 3.